The predicted molar refractivity (Wildman–Crippen MR) is 109 cm³/mol. The molecule has 2 aromatic carbocycles. The number of piperazine rings is 1. The molecule has 0 unspecified atom stereocenters. The Bertz CT molecular complexity index is 1040. The Balaban J connectivity index is 1.37. The van der Waals surface area contributed by atoms with Crippen molar-refractivity contribution in [2.24, 2.45) is 0 Å². The number of hydrogen-bond acceptors (Lipinski definition) is 2. The number of benzene rings is 2. The molecule has 0 saturated carbocycles. The number of nitrogens with one attached hydrogen (secondary N) is 1. The van der Waals surface area contributed by atoms with E-state index in [-0.39, 0.29) is 24.1 Å². The molecular weight excluding hydrogens is 425 g/mol. The number of aromatic nitrogens is 1. The van der Waals surface area contributed by atoms with Crippen LogP contribution >= 0.6 is 15.9 Å². The maximum Gasteiger partial charge on any atom is 0.270 e. The van der Waals surface area contributed by atoms with Crippen molar-refractivity contribution >= 4 is 38.6 Å². The molecule has 1 aliphatic rings. The molecule has 1 fully saturated rings. The summed E-state index contributed by atoms with van der Waals surface area (Å²) in [7, 11) is 0. The number of nitrogens with zero attached hydrogens (tertiary/aromatic N) is 2. The molecule has 28 heavy (non-hydrogen) atoms. The molecule has 5 nitrogen and oxygen atoms in total. The van der Waals surface area contributed by atoms with Crippen molar-refractivity contribution in [1.29, 1.82) is 0 Å². The molecule has 0 atom stereocenters. The molecule has 1 aromatic heterocycles. The van der Waals surface area contributed by atoms with Gasteiger partial charge in [0.15, 0.2) is 0 Å². The van der Waals surface area contributed by atoms with Crippen molar-refractivity contribution in [3.8, 4) is 0 Å². The van der Waals surface area contributed by atoms with Gasteiger partial charge in [0.2, 0.25) is 5.91 Å². The maximum atomic E-state index is 13.3. The van der Waals surface area contributed by atoms with Crippen LogP contribution in [-0.2, 0) is 11.2 Å². The number of H-pyrrole nitrogens is 1. The number of amides is 2. The van der Waals surface area contributed by atoms with Gasteiger partial charge in [-0.25, -0.2) is 4.39 Å². The molecule has 1 saturated heterocycles. The number of carbonyl (C=O) groups is 2. The quantitative estimate of drug-likeness (QED) is 0.672. The van der Waals surface area contributed by atoms with Gasteiger partial charge >= 0.3 is 0 Å². The Hall–Kier alpha value is -2.67. The molecule has 2 heterocycles. The van der Waals surface area contributed by atoms with E-state index in [2.05, 4.69) is 20.9 Å². The second kappa shape index (κ2) is 7.75. The number of rotatable bonds is 3. The van der Waals surface area contributed by atoms with E-state index in [1.807, 2.05) is 24.3 Å². The lowest BCUT2D eigenvalue weighted by atomic mass is 10.1. The van der Waals surface area contributed by atoms with E-state index in [9.17, 15) is 14.0 Å². The zero-order valence-corrected chi connectivity index (χ0v) is 16.7. The maximum absolute atomic E-state index is 13.3. The van der Waals surface area contributed by atoms with Gasteiger partial charge in [0.1, 0.15) is 11.5 Å². The Morgan fingerprint density at radius 2 is 1.75 bits per heavy atom. The minimum atomic E-state index is -0.342. The van der Waals surface area contributed by atoms with Crippen LogP contribution in [0.5, 0.6) is 0 Å². The Labute approximate surface area is 170 Å². The summed E-state index contributed by atoms with van der Waals surface area (Å²) < 4.78 is 14.2. The third-order valence-electron chi connectivity index (χ3n) is 4.98. The minimum Gasteiger partial charge on any atom is -0.351 e. The first-order valence-corrected chi connectivity index (χ1v) is 9.89. The van der Waals surface area contributed by atoms with Crippen LogP contribution in [0.15, 0.2) is 53.0 Å². The number of fused-ring (bicyclic) bond motifs is 1. The summed E-state index contributed by atoms with van der Waals surface area (Å²) in [6, 6.07) is 13.8. The third kappa shape index (κ3) is 3.94. The largest absolute Gasteiger partial charge is 0.351 e. The first kappa shape index (κ1) is 18.7. The van der Waals surface area contributed by atoms with Crippen LogP contribution in [0, 0.1) is 5.82 Å². The molecule has 7 heteroatoms. The standard InChI is InChI=1S/C21H19BrFN3O2/c22-16-4-5-18-15(12-16)13-19(24-18)21(28)26-8-6-25(7-9-26)20(27)11-14-2-1-3-17(23)10-14/h1-5,10,12-13,24H,6-9,11H2. The highest BCUT2D eigenvalue weighted by Gasteiger charge is 2.25. The van der Waals surface area contributed by atoms with E-state index in [1.165, 1.54) is 12.1 Å². The number of halogens is 2. The zero-order valence-electron chi connectivity index (χ0n) is 15.1. The SMILES string of the molecule is O=C(Cc1cccc(F)c1)N1CCN(C(=O)c2cc3cc(Br)ccc3[nH]2)CC1. The van der Waals surface area contributed by atoms with Crippen LogP contribution in [-0.4, -0.2) is 52.8 Å². The van der Waals surface area contributed by atoms with E-state index in [4.69, 9.17) is 0 Å². The number of carbonyl (C=O) groups excluding carboxylic acids is 2. The summed E-state index contributed by atoms with van der Waals surface area (Å²) in [6.07, 6.45) is 0.169. The van der Waals surface area contributed by atoms with Gasteiger partial charge in [-0.2, -0.15) is 0 Å². The fourth-order valence-corrected chi connectivity index (χ4v) is 3.86. The molecule has 0 bridgehead atoms. The molecule has 0 aliphatic carbocycles. The van der Waals surface area contributed by atoms with Gasteiger partial charge in [-0.15, -0.1) is 0 Å². The minimum absolute atomic E-state index is 0.0480. The van der Waals surface area contributed by atoms with Gasteiger partial charge in [-0.3, -0.25) is 9.59 Å². The van der Waals surface area contributed by atoms with Crippen molar-refractivity contribution in [3.63, 3.8) is 0 Å². The van der Waals surface area contributed by atoms with Crippen molar-refractivity contribution in [3.05, 3.63) is 70.1 Å². The monoisotopic (exact) mass is 443 g/mol. The highest BCUT2D eigenvalue weighted by Crippen LogP contribution is 2.21. The van der Waals surface area contributed by atoms with Crippen LogP contribution in [0.3, 0.4) is 0 Å². The second-order valence-corrected chi connectivity index (χ2v) is 7.81. The highest BCUT2D eigenvalue weighted by molar-refractivity contribution is 9.10. The first-order valence-electron chi connectivity index (χ1n) is 9.09. The van der Waals surface area contributed by atoms with Crippen molar-refractivity contribution < 1.29 is 14.0 Å². The van der Waals surface area contributed by atoms with Gasteiger partial charge in [0, 0.05) is 41.6 Å². The molecule has 0 spiro atoms. The normalized spacial score (nSPS) is 14.5. The summed E-state index contributed by atoms with van der Waals surface area (Å²) in [6.45, 7) is 1.91. The van der Waals surface area contributed by atoms with Gasteiger partial charge in [-0.05, 0) is 42.0 Å². The third-order valence-corrected chi connectivity index (χ3v) is 5.47. The smallest absolute Gasteiger partial charge is 0.270 e. The molecule has 2 amide bonds. The van der Waals surface area contributed by atoms with Crippen LogP contribution in [0.4, 0.5) is 4.39 Å². The summed E-state index contributed by atoms with van der Waals surface area (Å²) in [5, 5.41) is 0.974. The van der Waals surface area contributed by atoms with E-state index in [0.717, 1.165) is 15.4 Å². The van der Waals surface area contributed by atoms with Gasteiger partial charge in [0.25, 0.3) is 5.91 Å². The van der Waals surface area contributed by atoms with E-state index in [1.54, 1.807) is 21.9 Å². The predicted octanol–water partition coefficient (Wildman–Crippen LogP) is 3.60. The van der Waals surface area contributed by atoms with Crippen LogP contribution < -0.4 is 0 Å². The van der Waals surface area contributed by atoms with Crippen LogP contribution in [0.25, 0.3) is 10.9 Å². The summed E-state index contributed by atoms with van der Waals surface area (Å²) in [5.41, 5.74) is 2.12. The lowest BCUT2D eigenvalue weighted by molar-refractivity contribution is -0.131. The zero-order chi connectivity index (χ0) is 19.7. The van der Waals surface area contributed by atoms with Gasteiger partial charge in [0.05, 0.1) is 6.42 Å². The van der Waals surface area contributed by atoms with Crippen LogP contribution in [0.2, 0.25) is 0 Å². The van der Waals surface area contributed by atoms with Crippen molar-refractivity contribution in [2.75, 3.05) is 26.2 Å². The molecule has 144 valence electrons. The Morgan fingerprint density at radius 1 is 1.00 bits per heavy atom. The van der Waals surface area contributed by atoms with E-state index >= 15 is 0 Å². The highest BCUT2D eigenvalue weighted by atomic mass is 79.9. The lowest BCUT2D eigenvalue weighted by Crippen LogP contribution is -2.51. The fraction of sp³-hybridized carbons (Fsp3) is 0.238. The first-order chi connectivity index (χ1) is 13.5. The van der Waals surface area contributed by atoms with Crippen molar-refractivity contribution in [2.45, 2.75) is 6.42 Å². The summed E-state index contributed by atoms with van der Waals surface area (Å²) >= 11 is 3.44. The summed E-state index contributed by atoms with van der Waals surface area (Å²) in [4.78, 5) is 31.9. The average Bonchev–Trinajstić information content (AvgIpc) is 3.10. The van der Waals surface area contributed by atoms with Crippen LogP contribution in [0.1, 0.15) is 16.1 Å². The molecule has 0 radical (unpaired) electrons. The topological polar surface area (TPSA) is 56.4 Å². The van der Waals surface area contributed by atoms with Crippen molar-refractivity contribution in [1.82, 2.24) is 14.8 Å². The molecule has 1 aliphatic heterocycles. The molecule has 1 N–H and O–H groups in total. The second-order valence-electron chi connectivity index (χ2n) is 6.89. The lowest BCUT2D eigenvalue weighted by Gasteiger charge is -2.34. The molecular formula is C21H19BrFN3O2. The Kier molecular flexibility index (Phi) is 5.17. The Morgan fingerprint density at radius 3 is 2.50 bits per heavy atom. The number of aromatic amines is 1. The fourth-order valence-electron chi connectivity index (χ4n) is 3.48. The van der Waals surface area contributed by atoms with Gasteiger partial charge < -0.3 is 14.8 Å². The molecule has 3 aromatic rings. The average molecular weight is 444 g/mol. The van der Waals surface area contributed by atoms with E-state index < -0.39 is 0 Å². The molecule has 4 rings (SSSR count). The number of hydrogen-bond donors (Lipinski definition) is 1. The summed E-state index contributed by atoms with van der Waals surface area (Å²) in [5.74, 6) is -0.455. The van der Waals surface area contributed by atoms with Gasteiger partial charge in [-0.1, -0.05) is 28.1 Å². The van der Waals surface area contributed by atoms with E-state index in [0.29, 0.717) is 37.4 Å².